The summed E-state index contributed by atoms with van der Waals surface area (Å²) in [4.78, 5) is 52.9. The Hall–Kier alpha value is -4.57. The number of aromatic nitrogens is 2. The number of rotatable bonds is 13. The van der Waals surface area contributed by atoms with Gasteiger partial charge in [0.05, 0.1) is 28.9 Å². The minimum Gasteiger partial charge on any atom is -0.481 e. The number of carbonyl (C=O) groups excluding carboxylic acids is 2. The van der Waals surface area contributed by atoms with Crippen molar-refractivity contribution >= 4 is 34.8 Å². The molecule has 2 fully saturated rings. The number of carboxylic acids is 1. The zero-order valence-electron chi connectivity index (χ0n) is 29.4. The lowest BCUT2D eigenvalue weighted by Gasteiger charge is -2.40. The zero-order chi connectivity index (χ0) is 35.4. The second-order valence-electron chi connectivity index (χ2n) is 14.8. The lowest BCUT2D eigenvalue weighted by Crippen LogP contribution is -2.59. The van der Waals surface area contributed by atoms with E-state index in [0.29, 0.717) is 16.6 Å². The van der Waals surface area contributed by atoms with Crippen LogP contribution < -0.4 is 10.2 Å². The Morgan fingerprint density at radius 1 is 0.900 bits per heavy atom. The highest BCUT2D eigenvalue weighted by Gasteiger charge is 2.39. The van der Waals surface area contributed by atoms with Gasteiger partial charge in [0.15, 0.2) is 5.82 Å². The first-order valence-corrected chi connectivity index (χ1v) is 18.5. The monoisotopic (exact) mass is 693 g/mol. The fourth-order valence-corrected chi connectivity index (χ4v) is 7.42. The molecule has 4 heterocycles. The average Bonchev–Trinajstić information content (AvgIpc) is 3.57. The molecule has 10 heteroatoms. The van der Waals surface area contributed by atoms with E-state index in [1.54, 1.807) is 6.07 Å². The van der Waals surface area contributed by atoms with Crippen molar-refractivity contribution < 1.29 is 19.5 Å². The molecular formula is C40H47N5O4S. The third-order valence-electron chi connectivity index (χ3n) is 9.69. The molecule has 2 saturated heterocycles. The highest BCUT2D eigenvalue weighted by Crippen LogP contribution is 2.30. The van der Waals surface area contributed by atoms with Crippen molar-refractivity contribution in [3.05, 3.63) is 99.5 Å². The molecular weight excluding hydrogens is 647 g/mol. The van der Waals surface area contributed by atoms with Gasteiger partial charge in [-0.15, -0.1) is 11.3 Å². The second-order valence-corrected chi connectivity index (χ2v) is 15.9. The van der Waals surface area contributed by atoms with E-state index in [2.05, 4.69) is 72.1 Å². The molecule has 2 amide bonds. The van der Waals surface area contributed by atoms with Gasteiger partial charge in [0.2, 0.25) is 5.91 Å². The largest absolute Gasteiger partial charge is 0.481 e. The topological polar surface area (TPSA) is 116 Å². The Balaban J connectivity index is 1.05. The average molecular weight is 694 g/mol. The summed E-state index contributed by atoms with van der Waals surface area (Å²) in [5, 5.41) is 12.3. The van der Waals surface area contributed by atoms with Gasteiger partial charge in [-0.25, -0.2) is 9.97 Å². The summed E-state index contributed by atoms with van der Waals surface area (Å²) >= 11 is 1.42. The van der Waals surface area contributed by atoms with Gasteiger partial charge in [0.1, 0.15) is 6.04 Å². The van der Waals surface area contributed by atoms with E-state index in [1.807, 2.05) is 42.7 Å². The van der Waals surface area contributed by atoms with Crippen molar-refractivity contribution in [2.75, 3.05) is 31.1 Å². The first kappa shape index (κ1) is 35.3. The van der Waals surface area contributed by atoms with Crippen LogP contribution in [0.1, 0.15) is 71.8 Å². The summed E-state index contributed by atoms with van der Waals surface area (Å²) in [6.45, 7) is 10.8. The highest BCUT2D eigenvalue weighted by molar-refractivity contribution is 7.14. The number of unbranched alkanes of at least 4 members (excludes halogenated alkanes) is 1. The number of hydrogen-bond donors (Lipinski definition) is 2. The van der Waals surface area contributed by atoms with Crippen molar-refractivity contribution in [3.63, 3.8) is 0 Å². The van der Waals surface area contributed by atoms with Crippen molar-refractivity contribution in [1.29, 1.82) is 0 Å². The first-order chi connectivity index (χ1) is 24.0. The molecule has 9 nitrogen and oxygen atoms in total. The first-order valence-electron chi connectivity index (χ1n) is 17.6. The molecule has 0 bridgehead atoms. The van der Waals surface area contributed by atoms with Crippen molar-refractivity contribution in [2.24, 2.45) is 11.8 Å². The lowest BCUT2D eigenvalue weighted by atomic mass is 9.91. The quantitative estimate of drug-likeness (QED) is 0.166. The summed E-state index contributed by atoms with van der Waals surface area (Å²) in [5.41, 5.74) is 5.47. The smallest absolute Gasteiger partial charge is 0.310 e. The summed E-state index contributed by atoms with van der Waals surface area (Å²) in [6.07, 6.45) is 8.73. The highest BCUT2D eigenvalue weighted by atomic mass is 32.1. The van der Waals surface area contributed by atoms with E-state index in [4.69, 9.17) is 0 Å². The third kappa shape index (κ3) is 8.41. The lowest BCUT2D eigenvalue weighted by molar-refractivity contribution is -0.153. The van der Waals surface area contributed by atoms with Gasteiger partial charge in [-0.1, -0.05) is 82.6 Å². The van der Waals surface area contributed by atoms with E-state index < -0.39 is 17.9 Å². The number of thiophene rings is 1. The number of hydrogen-bond acceptors (Lipinski definition) is 7. The van der Waals surface area contributed by atoms with Crippen LogP contribution in [0, 0.1) is 11.8 Å². The van der Waals surface area contributed by atoms with Crippen molar-refractivity contribution in [1.82, 2.24) is 20.2 Å². The molecule has 0 radical (unpaired) electrons. The molecule has 50 heavy (non-hydrogen) atoms. The molecule has 0 aliphatic carbocycles. The van der Waals surface area contributed by atoms with Gasteiger partial charge in [0, 0.05) is 43.0 Å². The van der Waals surface area contributed by atoms with E-state index in [0.717, 1.165) is 47.6 Å². The molecule has 2 aromatic carbocycles. The number of nitrogens with one attached hydrogen (secondary N) is 1. The maximum Gasteiger partial charge on any atom is 0.310 e. The van der Waals surface area contributed by atoms with Crippen LogP contribution in [0.3, 0.4) is 0 Å². The number of likely N-dealkylation sites (tertiary alicyclic amines) is 1. The number of anilines is 1. The van der Waals surface area contributed by atoms with Crippen LogP contribution >= 0.6 is 11.3 Å². The number of carboxylic acid groups (broad SMARTS) is 1. The van der Waals surface area contributed by atoms with E-state index in [9.17, 15) is 19.5 Å². The Labute approximate surface area is 298 Å². The van der Waals surface area contributed by atoms with Gasteiger partial charge in [-0.3, -0.25) is 14.4 Å². The van der Waals surface area contributed by atoms with Crippen LogP contribution in [0.25, 0.3) is 11.4 Å². The molecule has 4 aromatic rings. The molecule has 0 spiro atoms. The fourth-order valence-electron chi connectivity index (χ4n) is 6.45. The number of aliphatic carboxylic acids is 1. The Morgan fingerprint density at radius 3 is 2.14 bits per heavy atom. The Morgan fingerprint density at radius 2 is 1.54 bits per heavy atom. The van der Waals surface area contributed by atoms with Crippen molar-refractivity contribution in [2.45, 2.75) is 71.3 Å². The number of amides is 2. The number of aryl methyl sites for hydroxylation is 1. The number of nitrogens with zero attached hydrogens (tertiary/aromatic N) is 4. The van der Waals surface area contributed by atoms with E-state index >= 15 is 0 Å². The molecule has 2 aliphatic rings. The predicted molar refractivity (Wildman–Crippen MR) is 198 cm³/mol. The van der Waals surface area contributed by atoms with Crippen LogP contribution in [0.15, 0.2) is 73.1 Å². The Kier molecular flexibility index (Phi) is 10.7. The maximum atomic E-state index is 13.5. The molecule has 2 aliphatic heterocycles. The molecule has 1 unspecified atom stereocenters. The summed E-state index contributed by atoms with van der Waals surface area (Å²) in [6, 6.07) is 19.7. The second kappa shape index (κ2) is 15.1. The van der Waals surface area contributed by atoms with Crippen LogP contribution in [0.2, 0.25) is 0 Å². The fraction of sp³-hybridized carbons (Fsp3) is 0.425. The van der Waals surface area contributed by atoms with Gasteiger partial charge >= 0.3 is 5.97 Å². The Bertz CT molecular complexity index is 1790. The van der Waals surface area contributed by atoms with Gasteiger partial charge < -0.3 is 20.2 Å². The van der Waals surface area contributed by atoms with Crippen molar-refractivity contribution in [3.8, 4) is 11.4 Å². The standard InChI is InChI=1S/C40H47N5O4S/c1-5-6-7-26-8-10-27(11-9-26)18-29-22-44(23-29)32-20-41-36(42-21-32)30-14-12-28(13-15-30)19-33(38(47)45-24-31(25-45)39(48)49)43-37(46)34-16-17-35(50-34)40(2,3)4/h8-17,20-21,29,31,33H,5-7,18-19,22-25H2,1-4H3,(H,43,46)(H,48,49). The molecule has 2 N–H and O–H groups in total. The summed E-state index contributed by atoms with van der Waals surface area (Å²) < 4.78 is 0. The van der Waals surface area contributed by atoms with Gasteiger partial charge in [-0.2, -0.15) is 0 Å². The minimum absolute atomic E-state index is 0.0906. The summed E-state index contributed by atoms with van der Waals surface area (Å²) in [7, 11) is 0. The van der Waals surface area contributed by atoms with Crippen LogP contribution in [-0.2, 0) is 34.3 Å². The van der Waals surface area contributed by atoms with E-state index in [-0.39, 0.29) is 36.7 Å². The molecule has 6 rings (SSSR count). The predicted octanol–water partition coefficient (Wildman–Crippen LogP) is 6.41. The molecule has 0 saturated carbocycles. The maximum absolute atomic E-state index is 13.5. The number of carbonyl (C=O) groups is 3. The van der Waals surface area contributed by atoms with E-state index in [1.165, 1.54) is 40.2 Å². The van der Waals surface area contributed by atoms with Crippen LogP contribution in [-0.4, -0.2) is 70.0 Å². The minimum atomic E-state index is -0.915. The van der Waals surface area contributed by atoms with Gasteiger partial charge in [-0.05, 0) is 59.4 Å². The SMILES string of the molecule is CCCCc1ccc(CC2CN(c3cnc(-c4ccc(CC(NC(=O)c5ccc(C(C)(C)C)s5)C(=O)N5CC(C(=O)O)C5)cc4)nc3)C2)cc1. The molecule has 2 aromatic heterocycles. The van der Waals surface area contributed by atoms with Gasteiger partial charge in [0.25, 0.3) is 5.91 Å². The van der Waals surface area contributed by atoms with Crippen LogP contribution in [0.4, 0.5) is 5.69 Å². The summed E-state index contributed by atoms with van der Waals surface area (Å²) in [5.74, 6) is -0.839. The zero-order valence-corrected chi connectivity index (χ0v) is 30.2. The molecule has 262 valence electrons. The third-order valence-corrected chi connectivity index (χ3v) is 11.2. The number of benzene rings is 2. The molecule has 1 atom stereocenters. The normalized spacial score (nSPS) is 15.7. The van der Waals surface area contributed by atoms with Crippen LogP contribution in [0.5, 0.6) is 0 Å².